The van der Waals surface area contributed by atoms with Crippen LogP contribution >= 0.6 is 11.6 Å². The van der Waals surface area contributed by atoms with E-state index in [0.717, 1.165) is 31.2 Å². The Balaban J connectivity index is 2.37. The van der Waals surface area contributed by atoms with Crippen LogP contribution < -0.4 is 14.8 Å². The highest BCUT2D eigenvalue weighted by molar-refractivity contribution is 6.32. The molecule has 1 fully saturated rings. The maximum atomic E-state index is 11.1. The summed E-state index contributed by atoms with van der Waals surface area (Å²) in [6.07, 6.45) is 5.07. The second kappa shape index (κ2) is 6.95. The van der Waals surface area contributed by atoms with Crippen LogP contribution in [0.5, 0.6) is 11.5 Å². The van der Waals surface area contributed by atoms with Gasteiger partial charge in [0.1, 0.15) is 0 Å². The summed E-state index contributed by atoms with van der Waals surface area (Å²) in [4.78, 5) is 11.1. The van der Waals surface area contributed by atoms with Crippen molar-refractivity contribution < 1.29 is 14.3 Å². The summed E-state index contributed by atoms with van der Waals surface area (Å²) in [5.41, 5.74) is 1.31. The molecule has 1 aromatic carbocycles. The first-order valence-corrected chi connectivity index (χ1v) is 7.21. The highest BCUT2D eigenvalue weighted by Crippen LogP contribution is 2.39. The number of hydrogen-bond donors (Lipinski definition) is 1. The van der Waals surface area contributed by atoms with Gasteiger partial charge in [0.25, 0.3) is 0 Å². The van der Waals surface area contributed by atoms with E-state index in [1.807, 2.05) is 0 Å². The number of aldehydes is 1. The number of methoxy groups -OCH3 is 2. The molecule has 1 saturated heterocycles. The van der Waals surface area contributed by atoms with E-state index in [0.29, 0.717) is 28.1 Å². The summed E-state index contributed by atoms with van der Waals surface area (Å²) in [6.45, 7) is 1.04. The zero-order valence-corrected chi connectivity index (χ0v) is 12.6. The predicted molar refractivity (Wildman–Crippen MR) is 79.3 cm³/mol. The van der Waals surface area contributed by atoms with Gasteiger partial charge in [-0.25, -0.2) is 0 Å². The summed E-state index contributed by atoms with van der Waals surface area (Å²) in [5.74, 6) is 1.02. The number of hydrogen-bond acceptors (Lipinski definition) is 4. The zero-order valence-electron chi connectivity index (χ0n) is 11.9. The Hall–Kier alpha value is -1.26. The van der Waals surface area contributed by atoms with Gasteiger partial charge in [-0.05, 0) is 31.9 Å². The average molecular weight is 298 g/mol. The van der Waals surface area contributed by atoms with Crippen molar-refractivity contribution in [2.24, 2.45) is 0 Å². The summed E-state index contributed by atoms with van der Waals surface area (Å²) in [7, 11) is 3.10. The van der Waals surface area contributed by atoms with E-state index in [1.54, 1.807) is 13.2 Å². The molecule has 0 radical (unpaired) electrons. The molecule has 1 aliphatic heterocycles. The fraction of sp³-hybridized carbons (Fsp3) is 0.533. The minimum Gasteiger partial charge on any atom is -0.492 e. The van der Waals surface area contributed by atoms with Crippen LogP contribution in [0.3, 0.4) is 0 Å². The number of ether oxygens (including phenoxy) is 2. The molecule has 0 saturated carbocycles. The number of benzene rings is 1. The van der Waals surface area contributed by atoms with Crippen LogP contribution in [0.2, 0.25) is 5.02 Å². The number of piperidine rings is 1. The Morgan fingerprint density at radius 1 is 1.35 bits per heavy atom. The number of nitrogens with one attached hydrogen (secondary N) is 1. The number of carbonyl (C=O) groups excluding carboxylic acids is 1. The molecule has 1 heterocycles. The smallest absolute Gasteiger partial charge is 0.171 e. The van der Waals surface area contributed by atoms with Crippen LogP contribution in [0.1, 0.15) is 35.2 Å². The highest BCUT2D eigenvalue weighted by atomic mass is 35.5. The van der Waals surface area contributed by atoms with Gasteiger partial charge in [-0.15, -0.1) is 0 Å². The molecule has 0 bridgehead atoms. The van der Waals surface area contributed by atoms with E-state index >= 15 is 0 Å². The van der Waals surface area contributed by atoms with Gasteiger partial charge in [0, 0.05) is 16.6 Å². The summed E-state index contributed by atoms with van der Waals surface area (Å²) < 4.78 is 10.7. The van der Waals surface area contributed by atoms with Crippen LogP contribution in [0.25, 0.3) is 0 Å². The molecule has 0 aliphatic carbocycles. The van der Waals surface area contributed by atoms with E-state index in [2.05, 4.69) is 5.32 Å². The summed E-state index contributed by atoms with van der Waals surface area (Å²) >= 11 is 6.32. The molecule has 1 aliphatic rings. The third-order valence-electron chi connectivity index (χ3n) is 3.71. The SMILES string of the molecule is COc1c(C=O)cc(Cl)c(CC2CCCCN2)c1OC. The molecule has 1 N–H and O–H groups in total. The van der Waals surface area contributed by atoms with Crippen molar-refractivity contribution in [2.45, 2.75) is 31.7 Å². The fourth-order valence-electron chi connectivity index (χ4n) is 2.71. The van der Waals surface area contributed by atoms with E-state index in [-0.39, 0.29) is 0 Å². The molecule has 110 valence electrons. The van der Waals surface area contributed by atoms with Gasteiger partial charge in [0.2, 0.25) is 0 Å². The van der Waals surface area contributed by atoms with Crippen molar-refractivity contribution in [1.82, 2.24) is 5.32 Å². The predicted octanol–water partition coefficient (Wildman–Crippen LogP) is 2.85. The average Bonchev–Trinajstić information content (AvgIpc) is 2.49. The lowest BCUT2D eigenvalue weighted by Gasteiger charge is -2.25. The standard InChI is InChI=1S/C15H20ClNO3/c1-19-14-10(9-18)7-13(16)12(15(14)20-2)8-11-5-3-4-6-17-11/h7,9,11,17H,3-6,8H2,1-2H3. The molecule has 1 unspecified atom stereocenters. The largest absolute Gasteiger partial charge is 0.492 e. The van der Waals surface area contributed by atoms with Gasteiger partial charge in [-0.3, -0.25) is 4.79 Å². The van der Waals surface area contributed by atoms with Crippen molar-refractivity contribution in [3.8, 4) is 11.5 Å². The fourth-order valence-corrected chi connectivity index (χ4v) is 3.00. The normalized spacial score (nSPS) is 18.6. The molecule has 5 heteroatoms. The minimum atomic E-state index is 0.391. The Morgan fingerprint density at radius 3 is 2.65 bits per heavy atom. The number of halogens is 1. The molecule has 0 aromatic heterocycles. The van der Waals surface area contributed by atoms with Gasteiger partial charge < -0.3 is 14.8 Å². The molecule has 0 spiro atoms. The molecular formula is C15H20ClNO3. The first kappa shape index (κ1) is 15.1. The van der Waals surface area contributed by atoms with Gasteiger partial charge >= 0.3 is 0 Å². The molecule has 1 aromatic rings. The van der Waals surface area contributed by atoms with Gasteiger partial charge in [0.15, 0.2) is 17.8 Å². The van der Waals surface area contributed by atoms with E-state index in [4.69, 9.17) is 21.1 Å². The lowest BCUT2D eigenvalue weighted by Crippen LogP contribution is -2.35. The van der Waals surface area contributed by atoms with E-state index in [1.165, 1.54) is 20.0 Å². The molecule has 4 nitrogen and oxygen atoms in total. The lowest BCUT2D eigenvalue weighted by molar-refractivity contribution is 0.112. The Labute approximate surface area is 124 Å². The molecule has 2 rings (SSSR count). The van der Waals surface area contributed by atoms with E-state index in [9.17, 15) is 4.79 Å². The van der Waals surface area contributed by atoms with Crippen LogP contribution in [0, 0.1) is 0 Å². The van der Waals surface area contributed by atoms with Crippen molar-refractivity contribution in [3.63, 3.8) is 0 Å². The van der Waals surface area contributed by atoms with Crippen LogP contribution in [-0.2, 0) is 6.42 Å². The molecule has 1 atom stereocenters. The van der Waals surface area contributed by atoms with Crippen molar-refractivity contribution in [3.05, 3.63) is 22.2 Å². The second-order valence-electron chi connectivity index (χ2n) is 4.96. The Bertz CT molecular complexity index is 484. The molecule has 20 heavy (non-hydrogen) atoms. The summed E-state index contributed by atoms with van der Waals surface area (Å²) in [6, 6.07) is 2.04. The Morgan fingerprint density at radius 2 is 2.10 bits per heavy atom. The van der Waals surface area contributed by atoms with Gasteiger partial charge in [-0.2, -0.15) is 0 Å². The molecular weight excluding hydrogens is 278 g/mol. The maximum Gasteiger partial charge on any atom is 0.171 e. The van der Waals surface area contributed by atoms with Gasteiger partial charge in [0.05, 0.1) is 19.8 Å². The summed E-state index contributed by atoms with van der Waals surface area (Å²) in [5, 5.41) is 4.04. The van der Waals surface area contributed by atoms with Crippen molar-refractivity contribution in [2.75, 3.05) is 20.8 Å². The number of rotatable bonds is 5. The second-order valence-corrected chi connectivity index (χ2v) is 5.37. The third-order valence-corrected chi connectivity index (χ3v) is 4.05. The van der Waals surface area contributed by atoms with Crippen LogP contribution in [0.15, 0.2) is 6.07 Å². The zero-order chi connectivity index (χ0) is 14.5. The van der Waals surface area contributed by atoms with Crippen molar-refractivity contribution >= 4 is 17.9 Å². The third kappa shape index (κ3) is 3.07. The highest BCUT2D eigenvalue weighted by Gasteiger charge is 2.22. The minimum absolute atomic E-state index is 0.391. The topological polar surface area (TPSA) is 47.6 Å². The van der Waals surface area contributed by atoms with Crippen LogP contribution in [0.4, 0.5) is 0 Å². The van der Waals surface area contributed by atoms with E-state index < -0.39 is 0 Å². The maximum absolute atomic E-state index is 11.1. The molecule has 0 amide bonds. The Kier molecular flexibility index (Phi) is 5.26. The van der Waals surface area contributed by atoms with Crippen LogP contribution in [-0.4, -0.2) is 33.1 Å². The number of carbonyl (C=O) groups is 1. The monoisotopic (exact) mass is 297 g/mol. The lowest BCUT2D eigenvalue weighted by atomic mass is 9.96. The first-order valence-electron chi connectivity index (χ1n) is 6.83. The van der Waals surface area contributed by atoms with Gasteiger partial charge in [-0.1, -0.05) is 18.0 Å². The van der Waals surface area contributed by atoms with Crippen molar-refractivity contribution in [1.29, 1.82) is 0 Å². The quantitative estimate of drug-likeness (QED) is 0.849. The first-order chi connectivity index (χ1) is 9.71.